The minimum Gasteiger partial charge on any atom is -0.355 e. The third-order valence-electron chi connectivity index (χ3n) is 4.88. The summed E-state index contributed by atoms with van der Waals surface area (Å²) in [6, 6.07) is 8.32. The molecule has 1 aromatic carbocycles. The van der Waals surface area contributed by atoms with Gasteiger partial charge in [0.05, 0.1) is 23.3 Å². The van der Waals surface area contributed by atoms with Gasteiger partial charge in [-0.15, -0.1) is 11.3 Å². The van der Waals surface area contributed by atoms with Gasteiger partial charge in [0.1, 0.15) is 5.01 Å². The van der Waals surface area contributed by atoms with Crippen LogP contribution in [0.3, 0.4) is 0 Å². The van der Waals surface area contributed by atoms with E-state index in [1.165, 1.54) is 29.0 Å². The van der Waals surface area contributed by atoms with Gasteiger partial charge in [0.2, 0.25) is 5.91 Å². The maximum atomic E-state index is 12.0. The summed E-state index contributed by atoms with van der Waals surface area (Å²) in [7, 11) is 0. The first-order valence-electron chi connectivity index (χ1n) is 9.80. The summed E-state index contributed by atoms with van der Waals surface area (Å²) in [6.45, 7) is 8.37. The molecule has 142 valence electrons. The van der Waals surface area contributed by atoms with Crippen molar-refractivity contribution in [3.05, 3.63) is 29.3 Å². The first-order valence-corrected chi connectivity index (χ1v) is 10.6. The van der Waals surface area contributed by atoms with Crippen molar-refractivity contribution in [3.8, 4) is 0 Å². The predicted octanol–water partition coefficient (Wildman–Crippen LogP) is 3.11. The van der Waals surface area contributed by atoms with Crippen LogP contribution in [0.25, 0.3) is 10.2 Å². The van der Waals surface area contributed by atoms with Crippen LogP contribution in [-0.2, 0) is 11.3 Å². The van der Waals surface area contributed by atoms with E-state index in [0.717, 1.165) is 51.2 Å². The number of amides is 1. The van der Waals surface area contributed by atoms with Gasteiger partial charge in [-0.25, -0.2) is 4.98 Å². The summed E-state index contributed by atoms with van der Waals surface area (Å²) in [6.07, 6.45) is 4.79. The molecule has 0 bridgehead atoms. The second-order valence-electron chi connectivity index (χ2n) is 7.04. The Morgan fingerprint density at radius 2 is 1.88 bits per heavy atom. The Morgan fingerprint density at radius 3 is 2.65 bits per heavy atom. The van der Waals surface area contributed by atoms with Crippen molar-refractivity contribution in [2.45, 2.75) is 39.2 Å². The van der Waals surface area contributed by atoms with Gasteiger partial charge in [-0.3, -0.25) is 14.6 Å². The zero-order valence-corrected chi connectivity index (χ0v) is 16.6. The number of nitrogens with zero attached hydrogens (tertiary/aromatic N) is 3. The molecule has 1 N–H and O–H groups in total. The maximum absolute atomic E-state index is 12.0. The van der Waals surface area contributed by atoms with Gasteiger partial charge in [0, 0.05) is 32.7 Å². The number of unbranched alkanes of at least 4 members (excludes halogenated alkanes) is 3. The largest absolute Gasteiger partial charge is 0.355 e. The lowest BCUT2D eigenvalue weighted by atomic mass is 10.2. The van der Waals surface area contributed by atoms with Crippen LogP contribution < -0.4 is 5.32 Å². The van der Waals surface area contributed by atoms with Crippen molar-refractivity contribution in [1.29, 1.82) is 0 Å². The molecule has 1 fully saturated rings. The molecule has 26 heavy (non-hydrogen) atoms. The number of hydrogen-bond acceptors (Lipinski definition) is 5. The van der Waals surface area contributed by atoms with E-state index >= 15 is 0 Å². The number of piperazine rings is 1. The highest BCUT2D eigenvalue weighted by Gasteiger charge is 2.19. The van der Waals surface area contributed by atoms with Crippen LogP contribution in [0.5, 0.6) is 0 Å². The van der Waals surface area contributed by atoms with Crippen LogP contribution in [0.2, 0.25) is 0 Å². The molecule has 1 aromatic heterocycles. The Hall–Kier alpha value is -1.50. The van der Waals surface area contributed by atoms with E-state index < -0.39 is 0 Å². The van der Waals surface area contributed by atoms with Gasteiger partial charge in [-0.1, -0.05) is 38.3 Å². The van der Waals surface area contributed by atoms with E-state index in [-0.39, 0.29) is 5.91 Å². The lowest BCUT2D eigenvalue weighted by Crippen LogP contribution is -2.49. The van der Waals surface area contributed by atoms with Gasteiger partial charge < -0.3 is 5.32 Å². The van der Waals surface area contributed by atoms with Gasteiger partial charge in [0.15, 0.2) is 0 Å². The number of rotatable bonds is 9. The first kappa shape index (κ1) is 19.3. The summed E-state index contributed by atoms with van der Waals surface area (Å²) in [5.74, 6) is 0.168. The van der Waals surface area contributed by atoms with Crippen LogP contribution in [0.1, 0.15) is 37.6 Å². The minimum atomic E-state index is 0.168. The zero-order valence-electron chi connectivity index (χ0n) is 15.7. The highest BCUT2D eigenvalue weighted by molar-refractivity contribution is 7.18. The fourth-order valence-corrected chi connectivity index (χ4v) is 4.33. The van der Waals surface area contributed by atoms with Gasteiger partial charge in [-0.2, -0.15) is 0 Å². The normalized spacial score (nSPS) is 16.2. The Morgan fingerprint density at radius 1 is 1.12 bits per heavy atom. The second-order valence-corrected chi connectivity index (χ2v) is 8.15. The molecule has 0 aliphatic carbocycles. The molecule has 1 aliphatic heterocycles. The molecule has 1 aliphatic rings. The summed E-state index contributed by atoms with van der Waals surface area (Å²) < 4.78 is 1.26. The SMILES string of the molecule is CCCCCCNC(=O)CN1CCN(Cc2nc3ccccc3s2)CC1. The summed E-state index contributed by atoms with van der Waals surface area (Å²) in [4.78, 5) is 21.5. The molecule has 2 aromatic rings. The average molecular weight is 375 g/mol. The van der Waals surface area contributed by atoms with Crippen LogP contribution >= 0.6 is 11.3 Å². The van der Waals surface area contributed by atoms with Crippen molar-refractivity contribution in [3.63, 3.8) is 0 Å². The lowest BCUT2D eigenvalue weighted by Gasteiger charge is -2.33. The fraction of sp³-hybridized carbons (Fsp3) is 0.600. The summed E-state index contributed by atoms with van der Waals surface area (Å²) >= 11 is 1.79. The Kier molecular flexibility index (Phi) is 7.41. The average Bonchev–Trinajstić information content (AvgIpc) is 3.05. The molecule has 1 saturated heterocycles. The van der Waals surface area contributed by atoms with Crippen LogP contribution in [0.15, 0.2) is 24.3 Å². The Bertz CT molecular complexity index is 661. The first-order chi connectivity index (χ1) is 12.7. The molecule has 0 saturated carbocycles. The van der Waals surface area contributed by atoms with E-state index in [2.05, 4.69) is 40.2 Å². The smallest absolute Gasteiger partial charge is 0.234 e. The molecular weight excluding hydrogens is 344 g/mol. The molecular formula is C20H30N4OS. The predicted molar refractivity (Wildman–Crippen MR) is 108 cm³/mol. The molecule has 0 unspecified atom stereocenters. The summed E-state index contributed by atoms with van der Waals surface area (Å²) in [5.41, 5.74) is 1.10. The Labute approximate surface area is 160 Å². The molecule has 3 rings (SSSR count). The zero-order chi connectivity index (χ0) is 18.2. The molecule has 0 radical (unpaired) electrons. The third-order valence-corrected chi connectivity index (χ3v) is 5.90. The van der Waals surface area contributed by atoms with Gasteiger partial charge in [-0.05, 0) is 18.6 Å². The number of carbonyl (C=O) groups is 1. The number of benzene rings is 1. The molecule has 2 heterocycles. The van der Waals surface area contributed by atoms with E-state index in [1.807, 2.05) is 6.07 Å². The van der Waals surface area contributed by atoms with Crippen LogP contribution in [0.4, 0.5) is 0 Å². The highest BCUT2D eigenvalue weighted by atomic mass is 32.1. The molecule has 0 atom stereocenters. The van der Waals surface area contributed by atoms with Crippen molar-refractivity contribution in [2.24, 2.45) is 0 Å². The van der Waals surface area contributed by atoms with Crippen molar-refractivity contribution in [2.75, 3.05) is 39.3 Å². The monoisotopic (exact) mass is 374 g/mol. The molecule has 1 amide bonds. The standard InChI is InChI=1S/C20H30N4OS/c1-2-3-4-7-10-21-19(25)15-23-11-13-24(14-12-23)16-20-22-17-8-5-6-9-18(17)26-20/h5-6,8-9H,2-4,7,10-16H2,1H3,(H,21,25). The Balaban J connectivity index is 1.35. The minimum absolute atomic E-state index is 0.168. The molecule has 6 heteroatoms. The second kappa shape index (κ2) is 10.00. The lowest BCUT2D eigenvalue weighted by molar-refractivity contribution is -0.122. The number of carbonyl (C=O) groups excluding carboxylic acids is 1. The van der Waals surface area contributed by atoms with Crippen molar-refractivity contribution < 1.29 is 4.79 Å². The highest BCUT2D eigenvalue weighted by Crippen LogP contribution is 2.22. The van der Waals surface area contributed by atoms with Crippen LogP contribution in [-0.4, -0.2) is 60.0 Å². The third kappa shape index (κ3) is 5.76. The number of aromatic nitrogens is 1. The van der Waals surface area contributed by atoms with Gasteiger partial charge >= 0.3 is 0 Å². The topological polar surface area (TPSA) is 48.5 Å². The van der Waals surface area contributed by atoms with E-state index in [1.54, 1.807) is 11.3 Å². The van der Waals surface area contributed by atoms with E-state index in [9.17, 15) is 4.79 Å². The number of nitrogens with one attached hydrogen (secondary N) is 1. The van der Waals surface area contributed by atoms with E-state index in [0.29, 0.717) is 6.54 Å². The van der Waals surface area contributed by atoms with Crippen molar-refractivity contribution in [1.82, 2.24) is 20.1 Å². The summed E-state index contributed by atoms with van der Waals surface area (Å²) in [5, 5.41) is 4.24. The van der Waals surface area contributed by atoms with Crippen molar-refractivity contribution >= 4 is 27.5 Å². The quantitative estimate of drug-likeness (QED) is 0.685. The number of para-hydroxylation sites is 1. The number of hydrogen-bond donors (Lipinski definition) is 1. The fourth-order valence-electron chi connectivity index (χ4n) is 3.32. The van der Waals surface area contributed by atoms with Crippen LogP contribution in [0, 0.1) is 0 Å². The molecule has 5 nitrogen and oxygen atoms in total. The molecule has 0 spiro atoms. The number of fused-ring (bicyclic) bond motifs is 1. The van der Waals surface area contributed by atoms with E-state index in [4.69, 9.17) is 4.98 Å². The van der Waals surface area contributed by atoms with Gasteiger partial charge in [0.25, 0.3) is 0 Å². The number of thiazole rings is 1. The maximum Gasteiger partial charge on any atom is 0.234 e.